The van der Waals surface area contributed by atoms with Gasteiger partial charge in [-0.25, -0.2) is 9.97 Å². The second-order valence-electron chi connectivity index (χ2n) is 13.6. The van der Waals surface area contributed by atoms with Gasteiger partial charge in [0.1, 0.15) is 11.6 Å². The fourth-order valence-corrected chi connectivity index (χ4v) is 7.80. The van der Waals surface area contributed by atoms with Crippen molar-refractivity contribution in [3.63, 3.8) is 0 Å². The first kappa shape index (κ1) is 31.8. The van der Waals surface area contributed by atoms with E-state index in [0.717, 1.165) is 90.2 Å². The molecule has 2 aromatic heterocycles. The van der Waals surface area contributed by atoms with Crippen molar-refractivity contribution in [3.05, 3.63) is 80.7 Å². The van der Waals surface area contributed by atoms with Crippen molar-refractivity contribution in [2.24, 2.45) is 24.8 Å². The highest BCUT2D eigenvalue weighted by molar-refractivity contribution is 6.36. The molecule has 246 valence electrons. The Morgan fingerprint density at radius 3 is 2.51 bits per heavy atom. The van der Waals surface area contributed by atoms with Gasteiger partial charge in [0, 0.05) is 63.0 Å². The van der Waals surface area contributed by atoms with Crippen molar-refractivity contribution in [2.45, 2.75) is 58.0 Å². The third kappa shape index (κ3) is 6.52. The van der Waals surface area contributed by atoms with E-state index in [2.05, 4.69) is 43.4 Å². The lowest BCUT2D eigenvalue weighted by Gasteiger charge is -2.28. The maximum Gasteiger partial charge on any atom is 0.253 e. The van der Waals surface area contributed by atoms with Gasteiger partial charge >= 0.3 is 0 Å². The van der Waals surface area contributed by atoms with Crippen LogP contribution in [0.3, 0.4) is 0 Å². The molecule has 3 fully saturated rings. The first-order valence-electron chi connectivity index (χ1n) is 16.6. The molecule has 0 spiro atoms. The van der Waals surface area contributed by atoms with Crippen LogP contribution in [-0.2, 0) is 20.0 Å². The Hall–Kier alpha value is -3.82. The summed E-state index contributed by atoms with van der Waals surface area (Å²) in [4.78, 5) is 38.2. The van der Waals surface area contributed by atoms with E-state index in [9.17, 15) is 9.59 Å². The highest BCUT2D eigenvalue weighted by Crippen LogP contribution is 2.47. The summed E-state index contributed by atoms with van der Waals surface area (Å²) in [6.45, 7) is 4.52. The number of anilines is 2. The number of carbonyl (C=O) groups excluding carboxylic acids is 2. The molecule has 2 aliphatic carbocycles. The van der Waals surface area contributed by atoms with Crippen molar-refractivity contribution in [1.82, 2.24) is 25.2 Å². The Morgan fingerprint density at radius 2 is 1.77 bits per heavy atom. The number of nitrogens with zero attached hydrogens (tertiary/aromatic N) is 4. The number of fused-ring (bicyclic) bond motifs is 2. The van der Waals surface area contributed by atoms with Crippen LogP contribution < -0.4 is 20.9 Å². The summed E-state index contributed by atoms with van der Waals surface area (Å²) in [6.07, 6.45) is 7.63. The molecule has 2 aromatic carbocycles. The van der Waals surface area contributed by atoms with E-state index in [-0.39, 0.29) is 24.4 Å². The summed E-state index contributed by atoms with van der Waals surface area (Å²) >= 11 is 13.6. The number of pyridine rings is 1. The molecule has 47 heavy (non-hydrogen) atoms. The molecule has 3 aliphatic rings. The molecule has 2 atom stereocenters. The minimum absolute atomic E-state index is 0.0102. The number of halogens is 2. The predicted molar refractivity (Wildman–Crippen MR) is 188 cm³/mol. The Balaban J connectivity index is 1.15. The largest absolute Gasteiger partial charge is 0.373 e. The lowest BCUT2D eigenvalue weighted by molar-refractivity contribution is 0.0921. The number of carbonyl (C=O) groups is 2. The van der Waals surface area contributed by atoms with E-state index in [1.165, 1.54) is 6.42 Å². The zero-order chi connectivity index (χ0) is 32.8. The number of nitrogens with one attached hydrogen (secondary N) is 3. The Morgan fingerprint density at radius 1 is 1.00 bits per heavy atom. The smallest absolute Gasteiger partial charge is 0.253 e. The molecular weight excluding hydrogens is 633 g/mol. The van der Waals surface area contributed by atoms with Gasteiger partial charge in [-0.15, -0.1) is 0 Å². The highest BCUT2D eigenvalue weighted by Gasteiger charge is 2.46. The maximum atomic E-state index is 13.8. The van der Waals surface area contributed by atoms with Gasteiger partial charge in [-0.1, -0.05) is 36.2 Å². The zero-order valence-corrected chi connectivity index (χ0v) is 28.6. The average Bonchev–Trinajstić information content (AvgIpc) is 3.56. The van der Waals surface area contributed by atoms with Crippen molar-refractivity contribution in [3.8, 4) is 0 Å². The Bertz CT molecular complexity index is 1840. The number of imidazole rings is 1. The quantitative estimate of drug-likeness (QED) is 0.185. The SMILES string of the molecule is CNc1cc(C(=O)NCc2ccc(Cl)c(Cc3nc4cc(C(=O)NC5CCC(C)CC5)c(N5CC6CC6C5)cc4n3C)c2Cl)ccn1. The van der Waals surface area contributed by atoms with Gasteiger partial charge in [0.25, 0.3) is 11.8 Å². The molecule has 9 nitrogen and oxygen atoms in total. The summed E-state index contributed by atoms with van der Waals surface area (Å²) in [7, 11) is 3.76. The molecule has 2 unspecified atom stereocenters. The van der Waals surface area contributed by atoms with E-state index < -0.39 is 0 Å². The van der Waals surface area contributed by atoms with E-state index in [0.29, 0.717) is 33.4 Å². The molecular formula is C36H41Cl2N7O2. The van der Waals surface area contributed by atoms with Crippen LogP contribution in [-0.4, -0.2) is 52.5 Å². The van der Waals surface area contributed by atoms with Crippen molar-refractivity contribution in [1.29, 1.82) is 0 Å². The van der Waals surface area contributed by atoms with Gasteiger partial charge in [-0.2, -0.15) is 0 Å². The normalized spacial score (nSPS) is 21.9. The first-order chi connectivity index (χ1) is 22.7. The number of hydrogen-bond donors (Lipinski definition) is 3. The minimum atomic E-state index is -0.226. The van der Waals surface area contributed by atoms with Crippen LogP contribution in [0.4, 0.5) is 11.5 Å². The van der Waals surface area contributed by atoms with Crippen LogP contribution in [0.1, 0.15) is 76.7 Å². The van der Waals surface area contributed by atoms with Crippen LogP contribution >= 0.6 is 23.2 Å². The lowest BCUT2D eigenvalue weighted by Crippen LogP contribution is -2.38. The third-order valence-corrected chi connectivity index (χ3v) is 11.1. The fourth-order valence-electron chi connectivity index (χ4n) is 7.23. The monoisotopic (exact) mass is 673 g/mol. The summed E-state index contributed by atoms with van der Waals surface area (Å²) in [5, 5.41) is 10.3. The van der Waals surface area contributed by atoms with Crippen molar-refractivity contribution >= 4 is 57.6 Å². The van der Waals surface area contributed by atoms with Crippen LogP contribution in [0, 0.1) is 17.8 Å². The Labute approximate surface area is 285 Å². The number of aryl methyl sites for hydroxylation is 1. The second kappa shape index (κ2) is 13.0. The van der Waals surface area contributed by atoms with Crippen LogP contribution in [0.15, 0.2) is 42.6 Å². The number of rotatable bonds is 9. The average molecular weight is 675 g/mol. The number of piperidine rings is 1. The van der Waals surface area contributed by atoms with Crippen molar-refractivity contribution < 1.29 is 9.59 Å². The van der Waals surface area contributed by atoms with Crippen LogP contribution in [0.2, 0.25) is 10.0 Å². The van der Waals surface area contributed by atoms with Gasteiger partial charge in [-0.3, -0.25) is 9.59 Å². The summed E-state index contributed by atoms with van der Waals surface area (Å²) in [5.74, 6) is 3.36. The minimum Gasteiger partial charge on any atom is -0.373 e. The van der Waals surface area contributed by atoms with Gasteiger partial charge in [0.2, 0.25) is 0 Å². The maximum absolute atomic E-state index is 13.8. The number of aromatic nitrogens is 3. The molecule has 1 saturated heterocycles. The molecule has 7 rings (SSSR count). The highest BCUT2D eigenvalue weighted by atomic mass is 35.5. The topological polar surface area (TPSA) is 104 Å². The van der Waals surface area contributed by atoms with Gasteiger partial charge in [0.05, 0.1) is 27.3 Å². The van der Waals surface area contributed by atoms with E-state index in [1.807, 2.05) is 25.2 Å². The summed E-state index contributed by atoms with van der Waals surface area (Å²) in [5.41, 5.74) is 5.43. The van der Waals surface area contributed by atoms with E-state index >= 15 is 0 Å². The molecule has 2 amide bonds. The van der Waals surface area contributed by atoms with E-state index in [1.54, 1.807) is 25.4 Å². The second-order valence-corrected chi connectivity index (χ2v) is 14.4. The summed E-state index contributed by atoms with van der Waals surface area (Å²) < 4.78 is 2.07. The van der Waals surface area contributed by atoms with Crippen LogP contribution in [0.25, 0.3) is 11.0 Å². The summed E-state index contributed by atoms with van der Waals surface area (Å²) in [6, 6.07) is 11.3. The van der Waals surface area contributed by atoms with Gasteiger partial charge in [-0.05, 0) is 91.3 Å². The molecule has 1 aliphatic heterocycles. The molecule has 2 saturated carbocycles. The standard InChI is InChI=1S/C36H41Cl2N7O2/c1-20-4-7-25(8-5-20)42-36(47)27-14-29-31(16-30(27)45-18-23-12-24(23)19-45)44(3)33(43-29)15-26-28(37)9-6-22(34(26)38)17-41-35(46)21-10-11-40-32(13-21)39-2/h6,9-11,13-14,16,20,23-25H,4-5,7-8,12,15,17-19H2,1-3H3,(H,39,40)(H,41,46)(H,42,47). The molecule has 0 radical (unpaired) electrons. The number of amides is 2. The lowest BCUT2D eigenvalue weighted by atomic mass is 9.87. The zero-order valence-electron chi connectivity index (χ0n) is 27.1. The fraction of sp³-hybridized carbons (Fsp3) is 0.444. The number of benzene rings is 2. The molecule has 11 heteroatoms. The predicted octanol–water partition coefficient (Wildman–Crippen LogP) is 6.60. The van der Waals surface area contributed by atoms with E-state index in [4.69, 9.17) is 28.2 Å². The molecule has 0 bridgehead atoms. The molecule has 3 heterocycles. The Kier molecular flexibility index (Phi) is 8.78. The van der Waals surface area contributed by atoms with Crippen molar-refractivity contribution in [2.75, 3.05) is 30.4 Å². The molecule has 3 N–H and O–H groups in total. The first-order valence-corrected chi connectivity index (χ1v) is 17.4. The number of hydrogen-bond acceptors (Lipinski definition) is 6. The third-order valence-electron chi connectivity index (χ3n) is 10.3. The van der Waals surface area contributed by atoms with Crippen LogP contribution in [0.5, 0.6) is 0 Å². The molecule has 4 aromatic rings. The van der Waals surface area contributed by atoms with Gasteiger partial charge < -0.3 is 25.4 Å². The van der Waals surface area contributed by atoms with Gasteiger partial charge in [0.15, 0.2) is 0 Å².